The van der Waals surface area contributed by atoms with E-state index in [0.717, 1.165) is 18.7 Å². The van der Waals surface area contributed by atoms with Gasteiger partial charge in [-0.1, -0.05) is 0 Å². The second kappa shape index (κ2) is 7.44. The molecule has 0 aromatic carbocycles. The molecular formula is C12H22N4O2S2. The summed E-state index contributed by atoms with van der Waals surface area (Å²) in [5.74, 6) is 0.953. The lowest BCUT2D eigenvalue weighted by atomic mass is 10.5. The quantitative estimate of drug-likeness (QED) is 0.620. The van der Waals surface area contributed by atoms with Gasteiger partial charge in [0, 0.05) is 25.3 Å². The molecule has 1 aliphatic carbocycles. The van der Waals surface area contributed by atoms with Crippen LogP contribution in [0.5, 0.6) is 0 Å². The van der Waals surface area contributed by atoms with Crippen LogP contribution in [-0.2, 0) is 16.6 Å². The fourth-order valence-electron chi connectivity index (χ4n) is 1.78. The van der Waals surface area contributed by atoms with E-state index in [2.05, 4.69) is 15.1 Å². The van der Waals surface area contributed by atoms with Crippen LogP contribution in [0.3, 0.4) is 0 Å². The average Bonchev–Trinajstić information content (AvgIpc) is 3.10. The van der Waals surface area contributed by atoms with Crippen molar-refractivity contribution in [2.75, 3.05) is 25.1 Å². The molecule has 20 heavy (non-hydrogen) atoms. The number of nitrogens with one attached hydrogen (secondary N) is 2. The van der Waals surface area contributed by atoms with Gasteiger partial charge in [0.05, 0.1) is 12.7 Å². The summed E-state index contributed by atoms with van der Waals surface area (Å²) in [7, 11) is -3.41. The summed E-state index contributed by atoms with van der Waals surface area (Å²) in [5.41, 5.74) is 0. The zero-order chi connectivity index (χ0) is 14.4. The third-order valence-corrected chi connectivity index (χ3v) is 5.20. The molecule has 1 aliphatic rings. The smallest absolute Gasteiger partial charge is 0.243 e. The fraction of sp³-hybridized carbons (Fsp3) is 0.750. The minimum Gasteiger partial charge on any atom is -0.312 e. The topological polar surface area (TPSA) is 76.0 Å². The number of aromatic nitrogens is 2. The van der Waals surface area contributed by atoms with E-state index >= 15 is 0 Å². The van der Waals surface area contributed by atoms with E-state index in [-0.39, 0.29) is 4.90 Å². The van der Waals surface area contributed by atoms with Crippen LogP contribution in [0, 0.1) is 0 Å². The Balaban J connectivity index is 1.79. The van der Waals surface area contributed by atoms with Gasteiger partial charge in [-0.05, 0) is 31.3 Å². The normalized spacial score (nSPS) is 15.7. The molecule has 0 unspecified atom stereocenters. The Morgan fingerprint density at radius 1 is 1.45 bits per heavy atom. The third kappa shape index (κ3) is 5.08. The van der Waals surface area contributed by atoms with Crippen LogP contribution in [0.2, 0.25) is 0 Å². The number of nitrogens with zero attached hydrogens (tertiary/aromatic N) is 2. The lowest BCUT2D eigenvalue weighted by Gasteiger charge is -2.04. The van der Waals surface area contributed by atoms with E-state index in [1.807, 2.05) is 6.26 Å². The summed E-state index contributed by atoms with van der Waals surface area (Å²) in [4.78, 5) is 0.244. The highest BCUT2D eigenvalue weighted by atomic mass is 32.2. The van der Waals surface area contributed by atoms with Gasteiger partial charge in [-0.3, -0.25) is 4.68 Å². The number of hydrogen-bond acceptors (Lipinski definition) is 5. The van der Waals surface area contributed by atoms with Crippen molar-refractivity contribution in [3.8, 4) is 0 Å². The van der Waals surface area contributed by atoms with Crippen LogP contribution in [0.4, 0.5) is 0 Å². The number of sulfonamides is 1. The Bertz CT molecular complexity index is 511. The molecule has 2 N–H and O–H groups in total. The van der Waals surface area contributed by atoms with Crippen molar-refractivity contribution in [1.82, 2.24) is 19.8 Å². The van der Waals surface area contributed by atoms with Gasteiger partial charge in [-0.15, -0.1) is 0 Å². The predicted octanol–water partition coefficient (Wildman–Crippen LogP) is 0.667. The summed E-state index contributed by atoms with van der Waals surface area (Å²) in [6, 6.07) is 0.659. The molecule has 0 spiro atoms. The fourth-order valence-corrected chi connectivity index (χ4v) is 3.24. The van der Waals surface area contributed by atoms with Crippen LogP contribution < -0.4 is 10.0 Å². The molecule has 0 bridgehead atoms. The van der Waals surface area contributed by atoms with Gasteiger partial charge in [0.2, 0.25) is 10.0 Å². The lowest BCUT2D eigenvalue weighted by Crippen LogP contribution is -2.25. The van der Waals surface area contributed by atoms with Crippen molar-refractivity contribution in [2.45, 2.75) is 36.7 Å². The lowest BCUT2D eigenvalue weighted by molar-refractivity contribution is 0.551. The predicted molar refractivity (Wildman–Crippen MR) is 81.4 cm³/mol. The Morgan fingerprint density at radius 2 is 2.25 bits per heavy atom. The minimum absolute atomic E-state index is 0.244. The first-order valence-electron chi connectivity index (χ1n) is 6.86. The highest BCUT2D eigenvalue weighted by molar-refractivity contribution is 7.98. The first kappa shape index (κ1) is 15.8. The van der Waals surface area contributed by atoms with Crippen LogP contribution in [0.15, 0.2) is 17.3 Å². The van der Waals surface area contributed by atoms with Gasteiger partial charge in [0.25, 0.3) is 0 Å². The van der Waals surface area contributed by atoms with E-state index in [4.69, 9.17) is 0 Å². The van der Waals surface area contributed by atoms with E-state index in [1.165, 1.54) is 19.0 Å². The monoisotopic (exact) mass is 318 g/mol. The molecule has 0 aliphatic heterocycles. The summed E-state index contributed by atoms with van der Waals surface area (Å²) in [5, 5.41) is 7.47. The van der Waals surface area contributed by atoms with E-state index in [1.54, 1.807) is 22.6 Å². The largest absolute Gasteiger partial charge is 0.312 e. The van der Waals surface area contributed by atoms with Crippen LogP contribution in [0.1, 0.15) is 19.3 Å². The van der Waals surface area contributed by atoms with Crippen LogP contribution in [0.25, 0.3) is 0 Å². The Labute approximate surface area is 124 Å². The summed E-state index contributed by atoms with van der Waals surface area (Å²) in [6.07, 6.45) is 8.34. The Hall–Kier alpha value is -0.570. The van der Waals surface area contributed by atoms with Crippen molar-refractivity contribution in [1.29, 1.82) is 0 Å². The molecule has 1 aromatic heterocycles. The average molecular weight is 318 g/mol. The van der Waals surface area contributed by atoms with E-state index < -0.39 is 10.0 Å². The summed E-state index contributed by atoms with van der Waals surface area (Å²) < 4.78 is 28.3. The minimum atomic E-state index is -3.41. The first-order chi connectivity index (χ1) is 9.62. The zero-order valence-corrected chi connectivity index (χ0v) is 13.3. The molecule has 1 heterocycles. The molecule has 8 heteroatoms. The molecule has 0 amide bonds. The highest BCUT2D eigenvalue weighted by Gasteiger charge is 2.20. The van der Waals surface area contributed by atoms with Crippen LogP contribution >= 0.6 is 11.8 Å². The zero-order valence-electron chi connectivity index (χ0n) is 11.7. The van der Waals surface area contributed by atoms with Crippen molar-refractivity contribution < 1.29 is 8.42 Å². The second-order valence-electron chi connectivity index (χ2n) is 4.91. The Kier molecular flexibility index (Phi) is 5.88. The summed E-state index contributed by atoms with van der Waals surface area (Å²) in [6.45, 7) is 1.99. The first-order valence-corrected chi connectivity index (χ1v) is 9.74. The SMILES string of the molecule is CSCCCNS(=O)(=O)c1cnn(CCNC2CC2)c1. The standard InChI is InChI=1S/C12H22N4O2S2/c1-19-8-2-5-15-20(17,18)12-9-14-16(10-12)7-6-13-11-3-4-11/h9-11,13,15H,2-8H2,1H3. The Morgan fingerprint density at radius 3 is 2.95 bits per heavy atom. The van der Waals surface area contributed by atoms with E-state index in [0.29, 0.717) is 19.1 Å². The van der Waals surface area contributed by atoms with Crippen molar-refractivity contribution >= 4 is 21.8 Å². The molecule has 114 valence electrons. The number of thioether (sulfide) groups is 1. The maximum atomic E-state index is 12.0. The molecular weight excluding hydrogens is 296 g/mol. The molecule has 1 aromatic rings. The van der Waals surface area contributed by atoms with Crippen molar-refractivity contribution in [3.05, 3.63) is 12.4 Å². The van der Waals surface area contributed by atoms with Crippen molar-refractivity contribution in [2.24, 2.45) is 0 Å². The second-order valence-corrected chi connectivity index (χ2v) is 7.66. The van der Waals surface area contributed by atoms with Gasteiger partial charge < -0.3 is 5.32 Å². The number of hydrogen-bond donors (Lipinski definition) is 2. The van der Waals surface area contributed by atoms with E-state index in [9.17, 15) is 8.42 Å². The van der Waals surface area contributed by atoms with Gasteiger partial charge in [-0.25, -0.2) is 13.1 Å². The van der Waals surface area contributed by atoms with Crippen LogP contribution in [-0.4, -0.2) is 49.3 Å². The van der Waals surface area contributed by atoms with Gasteiger partial charge in [-0.2, -0.15) is 16.9 Å². The molecule has 2 rings (SSSR count). The van der Waals surface area contributed by atoms with Gasteiger partial charge in [0.1, 0.15) is 4.90 Å². The van der Waals surface area contributed by atoms with Crippen molar-refractivity contribution in [3.63, 3.8) is 0 Å². The highest BCUT2D eigenvalue weighted by Crippen LogP contribution is 2.18. The molecule has 6 nitrogen and oxygen atoms in total. The maximum Gasteiger partial charge on any atom is 0.243 e. The molecule has 1 fully saturated rings. The summed E-state index contributed by atoms with van der Waals surface area (Å²) >= 11 is 1.71. The molecule has 0 radical (unpaired) electrons. The van der Waals surface area contributed by atoms with Gasteiger partial charge in [0.15, 0.2) is 0 Å². The molecule has 1 saturated carbocycles. The maximum absolute atomic E-state index is 12.0. The van der Waals surface area contributed by atoms with Gasteiger partial charge >= 0.3 is 0 Å². The molecule has 0 atom stereocenters. The molecule has 0 saturated heterocycles. The number of rotatable bonds is 10. The third-order valence-electron chi connectivity index (χ3n) is 3.09.